The largest absolute Gasteiger partial charge is 0.507 e. The van der Waals surface area contributed by atoms with Crippen molar-refractivity contribution in [1.29, 1.82) is 0 Å². The number of fused-ring (bicyclic) bond motifs is 2. The maximum atomic E-state index is 12.6. The number of rotatable bonds is 9. The van der Waals surface area contributed by atoms with E-state index in [0.29, 0.717) is 22.3 Å². The molecule has 0 radical (unpaired) electrons. The summed E-state index contributed by atoms with van der Waals surface area (Å²) in [6.45, 7) is 3.14. The zero-order chi connectivity index (χ0) is 42.9. The average molecular weight is 873 g/mol. The highest BCUT2D eigenvalue weighted by molar-refractivity contribution is 7.87. The van der Waals surface area contributed by atoms with Gasteiger partial charge in [-0.05, 0) is 72.5 Å². The zero-order valence-corrected chi connectivity index (χ0v) is 32.7. The molecule has 0 unspecified atom stereocenters. The second-order valence-electron chi connectivity index (χ2n) is 12.5. The summed E-state index contributed by atoms with van der Waals surface area (Å²) in [4.78, 5) is -4.66. The van der Waals surface area contributed by atoms with Gasteiger partial charge in [0.25, 0.3) is 40.5 Å². The number of phenols is 2. The molecule has 0 spiro atoms. The summed E-state index contributed by atoms with van der Waals surface area (Å²) in [6.07, 6.45) is 0. The van der Waals surface area contributed by atoms with Gasteiger partial charge >= 0.3 is 0 Å². The van der Waals surface area contributed by atoms with E-state index < -0.39 is 116 Å². The third-order valence-corrected chi connectivity index (χ3v) is 12.5. The molecule has 10 N–H and O–H groups in total. The molecule has 6 aromatic carbocycles. The molecule has 6 rings (SSSR count). The Morgan fingerprint density at radius 2 is 0.793 bits per heavy atom. The highest BCUT2D eigenvalue weighted by Crippen LogP contribution is 2.48. The van der Waals surface area contributed by atoms with Crippen LogP contribution in [0, 0.1) is 13.8 Å². The van der Waals surface area contributed by atoms with Crippen LogP contribution in [0.4, 0.5) is 34.1 Å². The summed E-state index contributed by atoms with van der Waals surface area (Å²) >= 11 is 0. The van der Waals surface area contributed by atoms with Crippen molar-refractivity contribution in [3.8, 4) is 22.6 Å². The molecule has 0 bridgehead atoms. The number of phenolic OH excluding ortho intramolecular Hbond substituents is 2. The Balaban J connectivity index is 1.42. The van der Waals surface area contributed by atoms with Crippen molar-refractivity contribution in [2.24, 2.45) is 20.5 Å². The number of nitrogens with two attached hydrogens (primary N) is 2. The van der Waals surface area contributed by atoms with E-state index in [4.69, 9.17) is 11.5 Å². The van der Waals surface area contributed by atoms with Gasteiger partial charge in [-0.3, -0.25) is 18.2 Å². The molecule has 0 aliphatic rings. The molecule has 24 heteroatoms. The molecule has 302 valence electrons. The van der Waals surface area contributed by atoms with Gasteiger partial charge in [-0.2, -0.15) is 43.9 Å². The second kappa shape index (κ2) is 14.4. The fourth-order valence-corrected chi connectivity index (χ4v) is 9.63. The highest BCUT2D eigenvalue weighted by atomic mass is 32.2. The Morgan fingerprint density at radius 1 is 0.466 bits per heavy atom. The van der Waals surface area contributed by atoms with Gasteiger partial charge in [-0.1, -0.05) is 36.4 Å². The molecule has 0 fully saturated rings. The predicted molar refractivity (Wildman–Crippen MR) is 209 cm³/mol. The number of nitrogen functional groups attached to an aromatic ring is 2. The fourth-order valence-electron chi connectivity index (χ4n) is 6.30. The number of aromatic hydroxyl groups is 2. The fraction of sp³-hybridized carbons (Fsp3) is 0.0588. The van der Waals surface area contributed by atoms with Crippen molar-refractivity contribution < 1.29 is 62.1 Å². The van der Waals surface area contributed by atoms with Gasteiger partial charge in [0.05, 0.1) is 22.7 Å². The number of benzene rings is 6. The van der Waals surface area contributed by atoms with Crippen molar-refractivity contribution in [3.05, 3.63) is 83.9 Å². The lowest BCUT2D eigenvalue weighted by Gasteiger charge is -2.15. The van der Waals surface area contributed by atoms with Crippen LogP contribution in [0.25, 0.3) is 32.7 Å². The molecule has 0 aromatic heterocycles. The molecular weight excluding hydrogens is 845 g/mol. The van der Waals surface area contributed by atoms with Crippen LogP contribution in [-0.4, -0.2) is 62.1 Å². The van der Waals surface area contributed by atoms with Gasteiger partial charge in [0, 0.05) is 21.5 Å². The van der Waals surface area contributed by atoms with Crippen molar-refractivity contribution >= 4 is 96.1 Å². The highest BCUT2D eigenvalue weighted by Gasteiger charge is 2.34. The topological polar surface area (TPSA) is 359 Å². The summed E-state index contributed by atoms with van der Waals surface area (Å²) in [5.41, 5.74) is 10.4. The number of hydrogen-bond acceptors (Lipinski definition) is 16. The van der Waals surface area contributed by atoms with Crippen LogP contribution < -0.4 is 11.5 Å². The first kappa shape index (κ1) is 41.5. The molecule has 0 amide bonds. The van der Waals surface area contributed by atoms with Gasteiger partial charge in [-0.15, -0.1) is 10.2 Å². The van der Waals surface area contributed by atoms with E-state index in [9.17, 15) is 62.1 Å². The number of anilines is 2. The molecular formula is C34H28N6O14S4. The normalized spacial score (nSPS) is 13.0. The van der Waals surface area contributed by atoms with E-state index >= 15 is 0 Å². The van der Waals surface area contributed by atoms with E-state index in [2.05, 4.69) is 20.5 Å². The summed E-state index contributed by atoms with van der Waals surface area (Å²) in [6, 6.07) is 15.9. The number of aryl methyl sites for hydroxylation is 2. The Kier molecular flexibility index (Phi) is 10.3. The summed E-state index contributed by atoms with van der Waals surface area (Å²) < 4.78 is 140. The molecule has 0 heterocycles. The minimum atomic E-state index is -5.34. The second-order valence-corrected chi connectivity index (χ2v) is 18.0. The van der Waals surface area contributed by atoms with Crippen LogP contribution in [0.2, 0.25) is 0 Å². The van der Waals surface area contributed by atoms with Crippen LogP contribution in [0.15, 0.2) is 113 Å². The lowest BCUT2D eigenvalue weighted by Crippen LogP contribution is -2.09. The monoisotopic (exact) mass is 872 g/mol. The zero-order valence-electron chi connectivity index (χ0n) is 29.5. The summed E-state index contributed by atoms with van der Waals surface area (Å²) in [7, 11) is -21.3. The molecule has 6 aromatic rings. The molecule has 0 aliphatic heterocycles. The Labute approximate surface area is 328 Å². The molecule has 0 saturated heterocycles. The molecule has 58 heavy (non-hydrogen) atoms. The number of hydrogen-bond donors (Lipinski definition) is 8. The Hall–Kier alpha value is -6.12. The summed E-state index contributed by atoms with van der Waals surface area (Å²) in [5, 5.41) is 34.4. The SMILES string of the molecule is Cc1cc(-c2ccc(N=Nc3c(S(=O)(=O)O)c(N)c4c(O)cccc4c3S(=O)(=O)O)c(C)c2)ccc1N=Nc1c(S(=O)(=O)O)c(N)c2c(O)cccc2c1S(=O)(=O)O. The van der Waals surface area contributed by atoms with E-state index in [-0.39, 0.29) is 11.4 Å². The predicted octanol–water partition coefficient (Wildman–Crippen LogP) is 6.67. The van der Waals surface area contributed by atoms with E-state index in [0.717, 1.165) is 24.3 Å². The Morgan fingerprint density at radius 3 is 1.09 bits per heavy atom. The van der Waals surface area contributed by atoms with Crippen molar-refractivity contribution in [3.63, 3.8) is 0 Å². The van der Waals surface area contributed by atoms with Crippen molar-refractivity contribution in [1.82, 2.24) is 0 Å². The first-order valence-corrected chi connectivity index (χ1v) is 21.7. The number of azo groups is 2. The van der Waals surface area contributed by atoms with E-state index in [1.54, 1.807) is 38.1 Å². The molecule has 0 atom stereocenters. The maximum absolute atomic E-state index is 12.6. The van der Waals surface area contributed by atoms with Crippen LogP contribution in [0.5, 0.6) is 11.5 Å². The van der Waals surface area contributed by atoms with Crippen LogP contribution in [0.3, 0.4) is 0 Å². The van der Waals surface area contributed by atoms with Crippen molar-refractivity contribution in [2.75, 3.05) is 11.5 Å². The minimum absolute atomic E-state index is 0.0651. The van der Waals surface area contributed by atoms with Gasteiger partial charge in [0.2, 0.25) is 0 Å². The molecule has 0 saturated carbocycles. The van der Waals surface area contributed by atoms with E-state index in [1.807, 2.05) is 0 Å². The molecule has 0 aliphatic carbocycles. The third-order valence-electron chi connectivity index (χ3n) is 8.74. The van der Waals surface area contributed by atoms with Crippen LogP contribution in [-0.2, 0) is 40.5 Å². The smallest absolute Gasteiger partial charge is 0.298 e. The van der Waals surface area contributed by atoms with E-state index in [1.165, 1.54) is 24.3 Å². The average Bonchev–Trinajstić information content (AvgIpc) is 3.08. The van der Waals surface area contributed by atoms with Crippen LogP contribution >= 0.6 is 0 Å². The first-order chi connectivity index (χ1) is 26.8. The minimum Gasteiger partial charge on any atom is -0.507 e. The summed E-state index contributed by atoms with van der Waals surface area (Å²) in [5.74, 6) is -1.30. The van der Waals surface area contributed by atoms with Gasteiger partial charge in [0.15, 0.2) is 0 Å². The van der Waals surface area contributed by atoms with Gasteiger partial charge in [-0.25, -0.2) is 0 Å². The third kappa shape index (κ3) is 7.52. The number of nitrogens with zero attached hydrogens (tertiary/aromatic N) is 4. The van der Waals surface area contributed by atoms with Gasteiger partial charge < -0.3 is 21.7 Å². The van der Waals surface area contributed by atoms with Gasteiger partial charge in [0.1, 0.15) is 42.5 Å². The lowest BCUT2D eigenvalue weighted by atomic mass is 10.0. The van der Waals surface area contributed by atoms with Crippen LogP contribution in [0.1, 0.15) is 11.1 Å². The first-order valence-electron chi connectivity index (χ1n) is 15.9. The molecule has 20 nitrogen and oxygen atoms in total. The quantitative estimate of drug-likeness (QED) is 0.0427. The Bertz CT molecular complexity index is 3080. The maximum Gasteiger partial charge on any atom is 0.298 e. The standard InChI is InChI=1S/C34H28N6O14S4/c1-15-13-17(9-11-21(15)37-39-29-31(55(43,44)45)19-5-3-7-23(41)25(19)27(35)33(29)57(49,50)51)18-10-12-22(16(2)14-18)38-40-30-32(56(46,47)48)20-6-4-8-24(42)26(20)28(36)34(30)58(52,53)54/h3-14,41-42H,35-36H2,1-2H3,(H,43,44,45)(H,46,47,48)(H,49,50,51)(H,52,53,54). The lowest BCUT2D eigenvalue weighted by molar-refractivity contribution is 0.476. The van der Waals surface area contributed by atoms with Crippen molar-refractivity contribution in [2.45, 2.75) is 33.4 Å².